The van der Waals surface area contributed by atoms with E-state index in [1.165, 1.54) is 0 Å². The first kappa shape index (κ1) is 19.3. The van der Waals surface area contributed by atoms with Crippen molar-refractivity contribution in [1.29, 1.82) is 0 Å². The van der Waals surface area contributed by atoms with Gasteiger partial charge < -0.3 is 14.0 Å². The van der Waals surface area contributed by atoms with E-state index in [-0.39, 0.29) is 25.0 Å². The van der Waals surface area contributed by atoms with Gasteiger partial charge in [0, 0.05) is 26.3 Å². The average molecular weight is 397 g/mol. The fourth-order valence-electron chi connectivity index (χ4n) is 3.21. The van der Waals surface area contributed by atoms with Crippen molar-refractivity contribution >= 4 is 5.97 Å². The number of morpholine rings is 1. The van der Waals surface area contributed by atoms with Crippen molar-refractivity contribution in [2.75, 3.05) is 26.3 Å². The fraction of sp³-hybridized carbons (Fsp3) is 0.400. The summed E-state index contributed by atoms with van der Waals surface area (Å²) in [4.78, 5) is 18.8. The topological polar surface area (TPSA) is 95.5 Å². The van der Waals surface area contributed by atoms with Crippen LogP contribution in [0.2, 0.25) is 0 Å². The molecule has 0 bridgehead atoms. The summed E-state index contributed by atoms with van der Waals surface area (Å²) in [5.74, 6) is 0.727. The summed E-state index contributed by atoms with van der Waals surface area (Å²) in [5, 5.41) is 8.24. The predicted molar refractivity (Wildman–Crippen MR) is 102 cm³/mol. The number of aromatic nitrogens is 4. The lowest BCUT2D eigenvalue weighted by Gasteiger charge is -2.33. The Kier molecular flexibility index (Phi) is 5.97. The van der Waals surface area contributed by atoms with Gasteiger partial charge in [-0.3, -0.25) is 14.4 Å². The van der Waals surface area contributed by atoms with Gasteiger partial charge in [0.2, 0.25) is 0 Å². The first-order valence-electron chi connectivity index (χ1n) is 9.53. The molecule has 29 heavy (non-hydrogen) atoms. The van der Waals surface area contributed by atoms with Crippen LogP contribution >= 0.6 is 0 Å². The second kappa shape index (κ2) is 8.97. The van der Waals surface area contributed by atoms with Gasteiger partial charge in [-0.05, 0) is 5.56 Å². The molecular formula is C20H23N5O4. The summed E-state index contributed by atoms with van der Waals surface area (Å²) < 4.78 is 18.0. The number of carbonyl (C=O) groups is 1. The molecule has 1 saturated heterocycles. The van der Waals surface area contributed by atoms with Gasteiger partial charge in [0.1, 0.15) is 6.61 Å². The van der Waals surface area contributed by atoms with E-state index < -0.39 is 0 Å². The molecule has 3 heterocycles. The predicted octanol–water partition coefficient (Wildman–Crippen LogP) is 1.98. The highest BCUT2D eigenvalue weighted by Crippen LogP contribution is 2.25. The molecule has 2 aromatic heterocycles. The van der Waals surface area contributed by atoms with Gasteiger partial charge in [0.15, 0.2) is 5.82 Å². The number of aryl methyl sites for hydroxylation is 1. The molecule has 9 heteroatoms. The van der Waals surface area contributed by atoms with E-state index in [1.54, 1.807) is 10.9 Å². The van der Waals surface area contributed by atoms with Crippen LogP contribution in [-0.2, 0) is 27.9 Å². The Balaban J connectivity index is 1.34. The van der Waals surface area contributed by atoms with Gasteiger partial charge in [0.05, 0.1) is 37.4 Å². The molecule has 0 aliphatic carbocycles. The Morgan fingerprint density at radius 3 is 2.97 bits per heavy atom. The quantitative estimate of drug-likeness (QED) is 0.559. The van der Waals surface area contributed by atoms with E-state index >= 15 is 0 Å². The van der Waals surface area contributed by atoms with Crippen LogP contribution in [0.4, 0.5) is 0 Å². The molecule has 1 fully saturated rings. The number of hydrogen-bond acceptors (Lipinski definition) is 8. The minimum absolute atomic E-state index is 0.167. The van der Waals surface area contributed by atoms with Crippen molar-refractivity contribution in [3.63, 3.8) is 0 Å². The first-order chi connectivity index (χ1) is 14.2. The van der Waals surface area contributed by atoms with Gasteiger partial charge in [-0.25, -0.2) is 0 Å². The van der Waals surface area contributed by atoms with Gasteiger partial charge in [-0.15, -0.1) is 0 Å². The normalized spacial score (nSPS) is 17.3. The van der Waals surface area contributed by atoms with E-state index in [1.807, 2.05) is 43.6 Å². The SMILES string of the molecule is Cn1cc(-c2nc(C3COCCN3CCC(=O)OCc3ccccc3)no2)cn1. The molecule has 1 aliphatic rings. The number of rotatable bonds is 7. The smallest absolute Gasteiger partial charge is 0.307 e. The fourth-order valence-corrected chi connectivity index (χ4v) is 3.21. The van der Waals surface area contributed by atoms with E-state index in [9.17, 15) is 4.79 Å². The average Bonchev–Trinajstić information content (AvgIpc) is 3.41. The Labute approximate surface area is 168 Å². The van der Waals surface area contributed by atoms with Crippen LogP contribution in [0.25, 0.3) is 11.5 Å². The maximum Gasteiger partial charge on any atom is 0.307 e. The first-order valence-corrected chi connectivity index (χ1v) is 9.53. The third kappa shape index (κ3) is 4.87. The number of ether oxygens (including phenoxy) is 2. The van der Waals surface area contributed by atoms with Crippen LogP contribution in [-0.4, -0.2) is 57.1 Å². The summed E-state index contributed by atoms with van der Waals surface area (Å²) >= 11 is 0. The molecule has 1 aromatic carbocycles. The van der Waals surface area contributed by atoms with E-state index in [4.69, 9.17) is 14.0 Å². The lowest BCUT2D eigenvalue weighted by atomic mass is 10.2. The number of carbonyl (C=O) groups excluding carboxylic acids is 1. The Bertz CT molecular complexity index is 939. The molecule has 1 aliphatic heterocycles. The van der Waals surface area contributed by atoms with E-state index in [2.05, 4.69) is 20.1 Å². The van der Waals surface area contributed by atoms with Crippen molar-refractivity contribution in [2.45, 2.75) is 19.1 Å². The minimum Gasteiger partial charge on any atom is -0.461 e. The zero-order valence-electron chi connectivity index (χ0n) is 16.2. The Morgan fingerprint density at radius 2 is 2.17 bits per heavy atom. The van der Waals surface area contributed by atoms with E-state index in [0.29, 0.717) is 38.0 Å². The van der Waals surface area contributed by atoms with Crippen molar-refractivity contribution in [3.05, 3.63) is 54.1 Å². The highest BCUT2D eigenvalue weighted by molar-refractivity contribution is 5.69. The molecule has 1 atom stereocenters. The number of esters is 1. The largest absolute Gasteiger partial charge is 0.461 e. The van der Waals surface area contributed by atoms with Gasteiger partial charge in [-0.2, -0.15) is 10.1 Å². The third-order valence-corrected chi connectivity index (χ3v) is 4.78. The monoisotopic (exact) mass is 397 g/mol. The number of nitrogens with zero attached hydrogens (tertiary/aromatic N) is 5. The molecule has 0 radical (unpaired) electrons. The summed E-state index contributed by atoms with van der Waals surface area (Å²) in [6.45, 7) is 2.56. The highest BCUT2D eigenvalue weighted by Gasteiger charge is 2.29. The molecule has 152 valence electrons. The zero-order chi connectivity index (χ0) is 20.1. The maximum atomic E-state index is 12.2. The van der Waals surface area contributed by atoms with Crippen molar-refractivity contribution in [3.8, 4) is 11.5 Å². The standard InChI is InChI=1S/C20H23N5O4/c1-24-12-16(11-21-24)20-22-19(23-29-20)17-14-27-10-9-25(17)8-7-18(26)28-13-15-5-3-2-4-6-15/h2-6,11-12,17H,7-10,13-14H2,1H3. The highest BCUT2D eigenvalue weighted by atomic mass is 16.5. The number of hydrogen-bond donors (Lipinski definition) is 0. The Morgan fingerprint density at radius 1 is 1.31 bits per heavy atom. The lowest BCUT2D eigenvalue weighted by molar-refractivity contribution is -0.145. The second-order valence-electron chi connectivity index (χ2n) is 6.88. The zero-order valence-corrected chi connectivity index (χ0v) is 16.2. The van der Waals surface area contributed by atoms with Crippen LogP contribution in [0.1, 0.15) is 23.9 Å². The molecule has 3 aromatic rings. The summed E-state index contributed by atoms with van der Waals surface area (Å²) in [6.07, 6.45) is 3.78. The van der Waals surface area contributed by atoms with E-state index in [0.717, 1.165) is 11.1 Å². The lowest BCUT2D eigenvalue weighted by Crippen LogP contribution is -2.41. The molecule has 1 unspecified atom stereocenters. The van der Waals surface area contributed by atoms with Crippen molar-refractivity contribution < 1.29 is 18.8 Å². The molecule has 4 rings (SSSR count). The summed E-state index contributed by atoms with van der Waals surface area (Å²) in [7, 11) is 1.83. The number of benzene rings is 1. The molecular weight excluding hydrogens is 374 g/mol. The van der Waals surface area contributed by atoms with Crippen LogP contribution in [0.15, 0.2) is 47.2 Å². The van der Waals surface area contributed by atoms with Crippen LogP contribution in [0.5, 0.6) is 0 Å². The molecule has 9 nitrogen and oxygen atoms in total. The van der Waals surface area contributed by atoms with Crippen LogP contribution in [0, 0.1) is 0 Å². The molecule has 0 saturated carbocycles. The molecule has 0 amide bonds. The van der Waals surface area contributed by atoms with Crippen LogP contribution < -0.4 is 0 Å². The summed E-state index contributed by atoms with van der Waals surface area (Å²) in [5.41, 5.74) is 1.74. The van der Waals surface area contributed by atoms with Gasteiger partial charge in [0.25, 0.3) is 5.89 Å². The van der Waals surface area contributed by atoms with Crippen LogP contribution in [0.3, 0.4) is 0 Å². The second-order valence-corrected chi connectivity index (χ2v) is 6.88. The van der Waals surface area contributed by atoms with Gasteiger partial charge in [-0.1, -0.05) is 35.5 Å². The minimum atomic E-state index is -0.233. The third-order valence-electron chi connectivity index (χ3n) is 4.78. The maximum absolute atomic E-state index is 12.2. The molecule has 0 spiro atoms. The summed E-state index contributed by atoms with van der Waals surface area (Å²) in [6, 6.07) is 9.47. The van der Waals surface area contributed by atoms with Gasteiger partial charge >= 0.3 is 5.97 Å². The van der Waals surface area contributed by atoms with Crippen molar-refractivity contribution in [2.24, 2.45) is 7.05 Å². The van der Waals surface area contributed by atoms with Crippen molar-refractivity contribution in [1.82, 2.24) is 24.8 Å². The molecule has 0 N–H and O–H groups in total. The Hall–Kier alpha value is -3.04.